The largest absolute Gasteiger partial charge is 0.395 e. The van der Waals surface area contributed by atoms with Gasteiger partial charge in [-0.1, -0.05) is 0 Å². The van der Waals surface area contributed by atoms with Crippen LogP contribution in [-0.4, -0.2) is 173 Å². The Balaban J connectivity index is 1.81. The van der Waals surface area contributed by atoms with E-state index < -0.39 is 97.5 Å². The molecule has 0 spiro atoms. The van der Waals surface area contributed by atoms with Crippen molar-refractivity contribution in [3.8, 4) is 0 Å². The Morgan fingerprint density at radius 3 is 2.39 bits per heavy atom. The Bertz CT molecular complexity index is 894. The second kappa shape index (κ2) is 16.6. The number of carbonyl (C=O) groups excluding carboxylic acids is 1. The lowest BCUT2D eigenvalue weighted by Crippen LogP contribution is -2.70. The van der Waals surface area contributed by atoms with Crippen LogP contribution in [0.5, 0.6) is 0 Å². The monoisotopic (exact) mass is 640 g/mol. The minimum absolute atomic E-state index is 0.0363. The summed E-state index contributed by atoms with van der Waals surface area (Å²) in [5.41, 5.74) is 17.0. The second-order valence-electron chi connectivity index (χ2n) is 12.1. The van der Waals surface area contributed by atoms with Crippen molar-refractivity contribution in [1.29, 1.82) is 0 Å². The number of rotatable bonds is 14. The molecule has 2 saturated heterocycles. The van der Waals surface area contributed by atoms with E-state index >= 15 is 0 Å². The van der Waals surface area contributed by atoms with Crippen molar-refractivity contribution in [2.75, 3.05) is 40.0 Å². The van der Waals surface area contributed by atoms with Crippen LogP contribution in [0, 0.1) is 0 Å². The van der Waals surface area contributed by atoms with Crippen LogP contribution in [-0.2, 0) is 23.7 Å². The maximum atomic E-state index is 12.9. The highest BCUT2D eigenvalue weighted by Crippen LogP contribution is 2.32. The number of aliphatic hydroxyl groups is 7. The lowest BCUT2D eigenvalue weighted by molar-refractivity contribution is -0.307. The summed E-state index contributed by atoms with van der Waals surface area (Å²) in [6.07, 6.45) is -10.4. The van der Waals surface area contributed by atoms with Gasteiger partial charge in [-0.05, 0) is 33.2 Å². The van der Waals surface area contributed by atoms with Crippen molar-refractivity contribution in [1.82, 2.24) is 16.0 Å². The average Bonchev–Trinajstić information content (AvgIpc) is 2.98. The lowest BCUT2D eigenvalue weighted by Gasteiger charge is -2.49. The van der Waals surface area contributed by atoms with Gasteiger partial charge in [-0.2, -0.15) is 0 Å². The first kappa shape index (κ1) is 37.3. The van der Waals surface area contributed by atoms with E-state index in [-0.39, 0.29) is 25.7 Å². The van der Waals surface area contributed by atoms with Crippen molar-refractivity contribution in [2.45, 2.75) is 117 Å². The van der Waals surface area contributed by atoms with Gasteiger partial charge >= 0.3 is 0 Å². The lowest BCUT2D eigenvalue weighted by atomic mass is 9.83. The van der Waals surface area contributed by atoms with E-state index in [9.17, 15) is 30.3 Å². The predicted molar refractivity (Wildman–Crippen MR) is 152 cm³/mol. The summed E-state index contributed by atoms with van der Waals surface area (Å²) in [5, 5.41) is 80.0. The molecule has 3 rings (SSSR count). The van der Waals surface area contributed by atoms with Crippen LogP contribution >= 0.6 is 0 Å². The number of hydrogen-bond donors (Lipinski definition) is 13. The van der Waals surface area contributed by atoms with Crippen LogP contribution in [0.25, 0.3) is 0 Å². The third-order valence-electron chi connectivity index (χ3n) is 8.49. The fourth-order valence-corrected chi connectivity index (χ4v) is 5.89. The number of likely N-dealkylation sites (N-methyl/N-ethyl adjacent to an activating group) is 1. The van der Waals surface area contributed by atoms with E-state index in [1.54, 1.807) is 0 Å². The molecule has 1 aliphatic carbocycles. The molecule has 0 unspecified atom stereocenters. The molecule has 0 radical (unpaired) electrons. The summed E-state index contributed by atoms with van der Waals surface area (Å²) in [7, 11) is 1.54. The Morgan fingerprint density at radius 1 is 1.07 bits per heavy atom. The summed E-state index contributed by atoms with van der Waals surface area (Å²) in [6.45, 7) is 1.23. The molecule has 0 aromatic rings. The van der Waals surface area contributed by atoms with Gasteiger partial charge in [-0.3, -0.25) is 4.79 Å². The number of nitrogens with two attached hydrogens (primary N) is 3. The predicted octanol–water partition coefficient (Wildman–Crippen LogP) is -7.15. The molecule has 2 heterocycles. The van der Waals surface area contributed by atoms with Crippen molar-refractivity contribution >= 4 is 5.91 Å². The van der Waals surface area contributed by atoms with Crippen molar-refractivity contribution in [3.63, 3.8) is 0 Å². The first-order valence-electron chi connectivity index (χ1n) is 14.9. The molecule has 18 heteroatoms. The van der Waals surface area contributed by atoms with Gasteiger partial charge in [0.25, 0.3) is 5.91 Å². The molecule has 0 aromatic heterocycles. The van der Waals surface area contributed by atoms with Crippen LogP contribution in [0.3, 0.4) is 0 Å². The highest BCUT2D eigenvalue weighted by atomic mass is 16.7. The normalized spacial score (nSPS) is 42.0. The summed E-state index contributed by atoms with van der Waals surface area (Å²) >= 11 is 0. The molecular weight excluding hydrogens is 588 g/mol. The molecule has 258 valence electrons. The van der Waals surface area contributed by atoms with Crippen LogP contribution in [0.4, 0.5) is 0 Å². The smallest absolute Gasteiger partial charge is 0.250 e. The molecule has 3 fully saturated rings. The van der Waals surface area contributed by atoms with Gasteiger partial charge in [-0.25, -0.2) is 0 Å². The fraction of sp³-hybridized carbons (Fsp3) is 0.962. The molecule has 44 heavy (non-hydrogen) atoms. The Labute approximate surface area is 256 Å². The van der Waals surface area contributed by atoms with Crippen LogP contribution in [0.15, 0.2) is 0 Å². The zero-order valence-electron chi connectivity index (χ0n) is 25.1. The zero-order valence-corrected chi connectivity index (χ0v) is 25.1. The Hall–Kier alpha value is -1.17. The van der Waals surface area contributed by atoms with Gasteiger partial charge < -0.3 is 87.8 Å². The molecule has 1 amide bonds. The minimum atomic E-state index is -1.94. The van der Waals surface area contributed by atoms with E-state index in [0.29, 0.717) is 25.9 Å². The topological polar surface area (TPSA) is 310 Å². The van der Waals surface area contributed by atoms with Gasteiger partial charge in [0, 0.05) is 19.1 Å². The SMILES string of the molecule is CN[C@@H]1[C@@H](O)[C@@H](O[C@@H]2[C@@H](O)[C@H](O[C@H]3O[C@H](CNCCO)CC[C@H]3N)[C@@H](N)C[C@H]2NC(=O)[C@@H](O)[C@@H](N)[C@@H](O)CO)OC[C@]1(C)O. The van der Waals surface area contributed by atoms with E-state index in [1.165, 1.54) is 14.0 Å². The average molecular weight is 641 g/mol. The maximum Gasteiger partial charge on any atom is 0.250 e. The van der Waals surface area contributed by atoms with Gasteiger partial charge in [-0.15, -0.1) is 0 Å². The molecule has 15 atom stereocenters. The van der Waals surface area contributed by atoms with E-state index in [4.69, 9.17) is 46.4 Å². The van der Waals surface area contributed by atoms with Gasteiger partial charge in [0.15, 0.2) is 12.6 Å². The van der Waals surface area contributed by atoms with Gasteiger partial charge in [0.2, 0.25) is 0 Å². The van der Waals surface area contributed by atoms with Gasteiger partial charge in [0.05, 0.1) is 56.2 Å². The van der Waals surface area contributed by atoms with E-state index in [1.807, 2.05) is 0 Å². The summed E-state index contributed by atoms with van der Waals surface area (Å²) < 4.78 is 23.8. The van der Waals surface area contributed by atoms with Crippen LogP contribution < -0.4 is 33.2 Å². The van der Waals surface area contributed by atoms with E-state index in [0.717, 1.165) is 0 Å². The first-order chi connectivity index (χ1) is 20.7. The molecule has 3 aliphatic rings. The van der Waals surface area contributed by atoms with Crippen molar-refractivity contribution in [2.24, 2.45) is 17.2 Å². The highest BCUT2D eigenvalue weighted by molar-refractivity contribution is 5.81. The van der Waals surface area contributed by atoms with Crippen molar-refractivity contribution < 1.29 is 59.5 Å². The number of carbonyl (C=O) groups is 1. The maximum absolute atomic E-state index is 12.9. The third kappa shape index (κ3) is 9.00. The number of aliphatic hydroxyl groups excluding tert-OH is 6. The molecule has 18 nitrogen and oxygen atoms in total. The number of hydrogen-bond acceptors (Lipinski definition) is 17. The quantitative estimate of drug-likeness (QED) is 0.0784. The first-order valence-corrected chi connectivity index (χ1v) is 14.9. The molecule has 16 N–H and O–H groups in total. The van der Waals surface area contributed by atoms with Gasteiger partial charge in [0.1, 0.15) is 36.1 Å². The third-order valence-corrected chi connectivity index (χ3v) is 8.49. The summed E-state index contributed by atoms with van der Waals surface area (Å²) in [6, 6.07) is -4.94. The number of amides is 1. The highest BCUT2D eigenvalue weighted by Gasteiger charge is 2.52. The van der Waals surface area contributed by atoms with Crippen molar-refractivity contribution in [3.05, 3.63) is 0 Å². The van der Waals surface area contributed by atoms with Crippen LogP contribution in [0.2, 0.25) is 0 Å². The van der Waals surface area contributed by atoms with E-state index in [2.05, 4.69) is 16.0 Å². The molecule has 2 aliphatic heterocycles. The van der Waals surface area contributed by atoms with Crippen LogP contribution in [0.1, 0.15) is 26.2 Å². The Kier molecular flexibility index (Phi) is 14.1. The molecular formula is C26H52N6O12. The summed E-state index contributed by atoms with van der Waals surface area (Å²) in [5.74, 6) is -1.03. The fourth-order valence-electron chi connectivity index (χ4n) is 5.89. The minimum Gasteiger partial charge on any atom is -0.395 e. The zero-order chi connectivity index (χ0) is 32.8. The molecule has 1 saturated carbocycles. The second-order valence-corrected chi connectivity index (χ2v) is 12.1. The standard InChI is InChI=1S/C26H52N6O12/c1-26(40)10-41-25(19(38)22(26)30-2)44-21-14(32-23(39)17(36)16(29)15(35)9-34)7-13(28)20(18(21)37)43-24-12(27)4-3-11(42-24)8-31-5-6-33/h11-22,24-25,30-31,33-38,40H,3-10,27-29H2,1-2H3,(H,32,39)/t11-,12+,13-,14+,15-,16-,17-,18-,19+,20+,21-,22+,24+,25+,26-/m0/s1. The number of nitrogens with one attached hydrogen (secondary N) is 3. The number of ether oxygens (including phenoxy) is 4. The molecule has 0 aromatic carbocycles. The molecule has 0 bridgehead atoms. The summed E-state index contributed by atoms with van der Waals surface area (Å²) in [4.78, 5) is 12.9. The Morgan fingerprint density at radius 2 is 1.75 bits per heavy atom.